The Bertz CT molecular complexity index is 789. The van der Waals surface area contributed by atoms with Gasteiger partial charge in [0.15, 0.2) is 0 Å². The first-order valence-corrected chi connectivity index (χ1v) is 7.71. The Morgan fingerprint density at radius 1 is 1.14 bits per heavy atom. The number of carbonyl (C=O) groups is 1. The Kier molecular flexibility index (Phi) is 3.84. The van der Waals surface area contributed by atoms with Crippen LogP contribution in [0.5, 0.6) is 0 Å². The second-order valence-corrected chi connectivity index (χ2v) is 5.68. The van der Waals surface area contributed by atoms with Crippen LogP contribution in [0.3, 0.4) is 0 Å². The number of aromatic carboxylic acids is 1. The molecular formula is C18H19NO3. The summed E-state index contributed by atoms with van der Waals surface area (Å²) in [6.07, 6.45) is 4.63. The Hall–Kier alpha value is -2.36. The lowest BCUT2D eigenvalue weighted by molar-refractivity contribution is 0.0694. The number of benzene rings is 1. The second-order valence-electron chi connectivity index (χ2n) is 5.68. The van der Waals surface area contributed by atoms with Crippen LogP contribution in [0.2, 0.25) is 0 Å². The van der Waals surface area contributed by atoms with Gasteiger partial charge in [0, 0.05) is 6.54 Å². The van der Waals surface area contributed by atoms with E-state index >= 15 is 0 Å². The molecule has 0 amide bonds. The third-order valence-electron chi connectivity index (χ3n) is 4.37. The summed E-state index contributed by atoms with van der Waals surface area (Å²) in [6, 6.07) is 9.46. The van der Waals surface area contributed by atoms with Crippen molar-refractivity contribution >= 4 is 5.97 Å². The molecule has 4 heteroatoms. The molecule has 1 aromatic carbocycles. The molecule has 0 atom stereocenters. The normalized spacial score (nSPS) is 13.7. The lowest BCUT2D eigenvalue weighted by Crippen LogP contribution is -2.26. The number of fused-ring (bicyclic) bond motifs is 1. The van der Waals surface area contributed by atoms with Gasteiger partial charge in [-0.15, -0.1) is 0 Å². The molecule has 3 rings (SSSR count). The molecule has 0 spiro atoms. The van der Waals surface area contributed by atoms with Gasteiger partial charge < -0.3 is 9.67 Å². The minimum Gasteiger partial charge on any atom is -0.477 e. The van der Waals surface area contributed by atoms with E-state index in [2.05, 4.69) is 12.1 Å². The molecule has 2 aromatic rings. The number of aryl methyl sites for hydroxylation is 2. The van der Waals surface area contributed by atoms with E-state index in [1.807, 2.05) is 13.0 Å². The van der Waals surface area contributed by atoms with Crippen LogP contribution in [-0.2, 0) is 19.4 Å². The van der Waals surface area contributed by atoms with Gasteiger partial charge in [-0.2, -0.15) is 0 Å². The van der Waals surface area contributed by atoms with E-state index in [0.717, 1.165) is 24.1 Å². The van der Waals surface area contributed by atoms with Gasteiger partial charge in [0.05, 0.1) is 5.69 Å². The van der Waals surface area contributed by atoms with Crippen LogP contribution in [0.4, 0.5) is 0 Å². The van der Waals surface area contributed by atoms with Crippen molar-refractivity contribution in [1.82, 2.24) is 4.57 Å². The minimum atomic E-state index is -1.18. The monoisotopic (exact) mass is 297 g/mol. The number of carboxylic acid groups (broad SMARTS) is 1. The van der Waals surface area contributed by atoms with Gasteiger partial charge in [-0.05, 0) is 67.5 Å². The predicted octanol–water partition coefficient (Wildman–Crippen LogP) is 3.11. The highest BCUT2D eigenvalue weighted by molar-refractivity contribution is 5.87. The summed E-state index contributed by atoms with van der Waals surface area (Å²) >= 11 is 0. The first-order chi connectivity index (χ1) is 10.6. The number of hydrogen-bond donors (Lipinski definition) is 1. The van der Waals surface area contributed by atoms with Crippen LogP contribution in [0.25, 0.3) is 11.3 Å². The topological polar surface area (TPSA) is 59.3 Å². The van der Waals surface area contributed by atoms with E-state index in [1.165, 1.54) is 34.6 Å². The maximum Gasteiger partial charge on any atom is 0.341 e. The maximum absolute atomic E-state index is 12.3. The van der Waals surface area contributed by atoms with E-state index in [4.69, 9.17) is 5.11 Å². The summed E-state index contributed by atoms with van der Waals surface area (Å²) in [6.45, 7) is 2.31. The fraction of sp³-hybridized carbons (Fsp3) is 0.333. The van der Waals surface area contributed by atoms with Crippen LogP contribution in [-0.4, -0.2) is 15.6 Å². The van der Waals surface area contributed by atoms with Crippen molar-refractivity contribution in [2.75, 3.05) is 0 Å². The minimum absolute atomic E-state index is 0.177. The Labute approximate surface area is 129 Å². The van der Waals surface area contributed by atoms with E-state index in [9.17, 15) is 9.59 Å². The zero-order valence-corrected chi connectivity index (χ0v) is 12.6. The van der Waals surface area contributed by atoms with Crippen molar-refractivity contribution in [2.45, 2.75) is 39.2 Å². The lowest BCUT2D eigenvalue weighted by atomic mass is 9.90. The summed E-state index contributed by atoms with van der Waals surface area (Å²) in [4.78, 5) is 23.4. The molecule has 1 N–H and O–H groups in total. The molecule has 0 aliphatic heterocycles. The van der Waals surface area contributed by atoms with Crippen molar-refractivity contribution in [3.63, 3.8) is 0 Å². The van der Waals surface area contributed by atoms with E-state index in [-0.39, 0.29) is 5.56 Å². The molecule has 1 heterocycles. The quantitative estimate of drug-likeness (QED) is 0.947. The molecule has 1 aliphatic carbocycles. The van der Waals surface area contributed by atoms with Gasteiger partial charge in [0.1, 0.15) is 5.56 Å². The number of pyridine rings is 1. The first kappa shape index (κ1) is 14.6. The highest BCUT2D eigenvalue weighted by Gasteiger charge is 2.16. The standard InChI is InChI=1S/C18H19NO3/c1-2-19-16(10-9-15(17(19)20)18(21)22)14-8-7-12-5-3-4-6-13(12)11-14/h7-11H,2-6H2,1H3,(H,21,22). The molecule has 0 saturated carbocycles. The number of carboxylic acids is 1. The van der Waals surface area contributed by atoms with Gasteiger partial charge in [0.2, 0.25) is 0 Å². The number of nitrogens with zero attached hydrogens (tertiary/aromatic N) is 1. The van der Waals surface area contributed by atoms with Crippen LogP contribution >= 0.6 is 0 Å². The van der Waals surface area contributed by atoms with Crippen LogP contribution in [0.15, 0.2) is 35.1 Å². The van der Waals surface area contributed by atoms with Crippen molar-refractivity contribution < 1.29 is 9.90 Å². The highest BCUT2D eigenvalue weighted by atomic mass is 16.4. The summed E-state index contributed by atoms with van der Waals surface area (Å²) in [5.74, 6) is -1.18. The average Bonchev–Trinajstić information content (AvgIpc) is 2.53. The van der Waals surface area contributed by atoms with Crippen LogP contribution in [0.1, 0.15) is 41.3 Å². The number of aromatic nitrogens is 1. The molecule has 22 heavy (non-hydrogen) atoms. The summed E-state index contributed by atoms with van der Waals surface area (Å²) in [5.41, 5.74) is 3.89. The van der Waals surface area contributed by atoms with Crippen LogP contribution in [0, 0.1) is 0 Å². The summed E-state index contributed by atoms with van der Waals surface area (Å²) in [7, 11) is 0. The molecule has 1 aromatic heterocycles. The Balaban J connectivity index is 2.14. The zero-order valence-electron chi connectivity index (χ0n) is 12.6. The summed E-state index contributed by atoms with van der Waals surface area (Å²) < 4.78 is 1.54. The Morgan fingerprint density at radius 2 is 1.86 bits per heavy atom. The van der Waals surface area contributed by atoms with E-state index < -0.39 is 11.5 Å². The SMILES string of the molecule is CCn1c(-c2ccc3c(c2)CCCC3)ccc(C(=O)O)c1=O. The molecular weight excluding hydrogens is 278 g/mol. The van der Waals surface area contributed by atoms with Gasteiger partial charge in [-0.3, -0.25) is 4.79 Å². The largest absolute Gasteiger partial charge is 0.477 e. The molecule has 0 radical (unpaired) electrons. The maximum atomic E-state index is 12.3. The second kappa shape index (κ2) is 5.79. The van der Waals surface area contributed by atoms with Gasteiger partial charge >= 0.3 is 5.97 Å². The number of rotatable bonds is 3. The Morgan fingerprint density at radius 3 is 2.55 bits per heavy atom. The molecule has 114 valence electrons. The van der Waals surface area contributed by atoms with Gasteiger partial charge in [-0.25, -0.2) is 4.79 Å². The lowest BCUT2D eigenvalue weighted by Gasteiger charge is -2.18. The van der Waals surface area contributed by atoms with Crippen molar-refractivity contribution in [2.24, 2.45) is 0 Å². The summed E-state index contributed by atoms with van der Waals surface area (Å²) in [5, 5.41) is 9.09. The fourth-order valence-electron chi connectivity index (χ4n) is 3.20. The average molecular weight is 297 g/mol. The van der Waals surface area contributed by atoms with Crippen molar-refractivity contribution in [1.29, 1.82) is 0 Å². The van der Waals surface area contributed by atoms with Gasteiger partial charge in [0.25, 0.3) is 5.56 Å². The molecule has 0 fully saturated rings. The molecule has 4 nitrogen and oxygen atoms in total. The molecule has 0 bridgehead atoms. The zero-order chi connectivity index (χ0) is 15.7. The van der Waals surface area contributed by atoms with Crippen molar-refractivity contribution in [3.8, 4) is 11.3 Å². The predicted molar refractivity (Wildman–Crippen MR) is 85.4 cm³/mol. The van der Waals surface area contributed by atoms with Crippen molar-refractivity contribution in [3.05, 3.63) is 57.4 Å². The van der Waals surface area contributed by atoms with E-state index in [0.29, 0.717) is 6.54 Å². The third kappa shape index (κ3) is 2.45. The van der Waals surface area contributed by atoms with Gasteiger partial charge in [-0.1, -0.05) is 12.1 Å². The first-order valence-electron chi connectivity index (χ1n) is 7.71. The fourth-order valence-corrected chi connectivity index (χ4v) is 3.20. The molecule has 1 aliphatic rings. The van der Waals surface area contributed by atoms with E-state index in [1.54, 1.807) is 6.07 Å². The molecule has 0 saturated heterocycles. The smallest absolute Gasteiger partial charge is 0.341 e. The third-order valence-corrected chi connectivity index (χ3v) is 4.37. The molecule has 0 unspecified atom stereocenters. The number of hydrogen-bond acceptors (Lipinski definition) is 2. The van der Waals surface area contributed by atoms with Crippen LogP contribution < -0.4 is 5.56 Å². The highest BCUT2D eigenvalue weighted by Crippen LogP contribution is 2.27.